The molecule has 0 amide bonds. The minimum Gasteiger partial charge on any atom is -0.493 e. The average Bonchev–Trinajstić information content (AvgIpc) is 1.68. The van der Waals surface area contributed by atoms with Gasteiger partial charge in [-0.25, -0.2) is 62.4 Å². The Labute approximate surface area is 656 Å². The van der Waals surface area contributed by atoms with Crippen LogP contribution in [-0.4, -0.2) is 107 Å². The normalized spacial score (nSPS) is 12.5. The molecule has 0 fully saturated rings. The first kappa shape index (κ1) is 73.7. The summed E-state index contributed by atoms with van der Waals surface area (Å²) in [6, 6.07) is 24.1. The van der Waals surface area contributed by atoms with Crippen LogP contribution in [0.15, 0.2) is 170 Å². The van der Waals surface area contributed by atoms with Gasteiger partial charge < -0.3 is 44.5 Å². The Morgan fingerprint density at radius 3 is 1.24 bits per heavy atom. The van der Waals surface area contributed by atoms with Crippen molar-refractivity contribution < 1.29 is 36.2 Å². The maximum atomic E-state index is 14.5. The predicted octanol–water partition coefficient (Wildman–Crippen LogP) is 15.7. The largest absolute Gasteiger partial charge is 0.493 e. The van der Waals surface area contributed by atoms with E-state index < -0.39 is 0 Å². The van der Waals surface area contributed by atoms with Crippen LogP contribution in [0.1, 0.15) is 84.5 Å². The van der Waals surface area contributed by atoms with Crippen molar-refractivity contribution in [3.05, 3.63) is 273 Å². The number of fused-ring (bicyclic) bond motifs is 8. The molecule has 0 unspecified atom stereocenters. The molecule has 4 aromatic carbocycles. The minimum atomic E-state index is -0.285. The Morgan fingerprint density at radius 2 is 0.809 bits per heavy atom. The summed E-state index contributed by atoms with van der Waals surface area (Å²) >= 11 is 0. The second-order valence-electron chi connectivity index (χ2n) is 28.3. The Hall–Kier alpha value is -14.1. The van der Waals surface area contributed by atoms with Crippen molar-refractivity contribution in [2.24, 2.45) is 7.05 Å². The Morgan fingerprint density at radius 1 is 0.400 bits per heavy atom. The summed E-state index contributed by atoms with van der Waals surface area (Å²) in [5.74, 6) is 3.72. The van der Waals surface area contributed by atoms with E-state index in [1.54, 1.807) is 80.1 Å². The molecule has 26 nitrogen and oxygen atoms in total. The van der Waals surface area contributed by atoms with Crippen molar-refractivity contribution in [1.29, 1.82) is 0 Å². The summed E-state index contributed by atoms with van der Waals surface area (Å²) in [7, 11) is 1.90. The van der Waals surface area contributed by atoms with E-state index in [0.717, 1.165) is 166 Å². The van der Waals surface area contributed by atoms with Gasteiger partial charge in [-0.1, -0.05) is 12.1 Å². The van der Waals surface area contributed by atoms with E-state index >= 15 is 0 Å². The molecule has 4 N–H and O–H groups in total. The summed E-state index contributed by atoms with van der Waals surface area (Å²) < 4.78 is 91.1. The first-order chi connectivity index (χ1) is 55.8. The van der Waals surface area contributed by atoms with Crippen molar-refractivity contribution in [2.75, 3.05) is 41.1 Å². The highest BCUT2D eigenvalue weighted by Gasteiger charge is 2.26. The van der Waals surface area contributed by atoms with E-state index in [4.69, 9.17) is 18.6 Å². The number of aromatic nitrogens is 18. The van der Waals surface area contributed by atoms with E-state index in [0.29, 0.717) is 91.1 Å². The molecule has 115 heavy (non-hydrogen) atoms. The number of benzene rings is 4. The molecule has 0 aliphatic carbocycles. The molecule has 580 valence electrons. The zero-order valence-electron chi connectivity index (χ0n) is 64.4. The number of anilines is 4. The molecular formula is C85H78F4N22O4. The molecule has 0 spiro atoms. The van der Waals surface area contributed by atoms with Crippen LogP contribution in [0.3, 0.4) is 0 Å². The van der Waals surface area contributed by atoms with E-state index in [9.17, 15) is 17.6 Å². The molecular weight excluding hydrogens is 1470 g/mol. The van der Waals surface area contributed by atoms with Gasteiger partial charge in [-0.2, -0.15) is 5.10 Å². The fourth-order valence-electron chi connectivity index (χ4n) is 15.0. The predicted molar refractivity (Wildman–Crippen MR) is 428 cm³/mol. The molecule has 0 bridgehead atoms. The number of ether oxygens (including phenoxy) is 3. The molecule has 3 aliphatic heterocycles. The number of nitrogens with one attached hydrogen (secondary N) is 4. The summed E-state index contributed by atoms with van der Waals surface area (Å²) in [5.41, 5.74) is 22.6. The molecule has 0 atom stereocenters. The van der Waals surface area contributed by atoms with Crippen LogP contribution in [0.4, 0.5) is 41.4 Å². The van der Waals surface area contributed by atoms with Crippen LogP contribution in [0.2, 0.25) is 0 Å². The monoisotopic (exact) mass is 1550 g/mol. The number of rotatable bonds is 16. The molecule has 13 aromatic heterocycles. The van der Waals surface area contributed by atoms with Gasteiger partial charge in [0.25, 0.3) is 0 Å². The number of imidazole rings is 5. The van der Waals surface area contributed by atoms with Gasteiger partial charge in [0.1, 0.15) is 63.1 Å². The number of aryl methyl sites for hydroxylation is 9. The highest BCUT2D eigenvalue weighted by atomic mass is 19.1. The van der Waals surface area contributed by atoms with Gasteiger partial charge in [-0.05, 0) is 128 Å². The molecule has 0 radical (unpaired) electrons. The number of pyridine rings is 2. The fraction of sp³-hybridized carbons (Fsp3) is 0.224. The van der Waals surface area contributed by atoms with Gasteiger partial charge in [0.2, 0.25) is 23.8 Å². The van der Waals surface area contributed by atoms with Gasteiger partial charge >= 0.3 is 0 Å². The third-order valence-corrected chi connectivity index (χ3v) is 20.5. The van der Waals surface area contributed by atoms with Gasteiger partial charge in [0, 0.05) is 192 Å². The summed E-state index contributed by atoms with van der Waals surface area (Å²) in [5, 5.41) is 18.2. The highest BCUT2D eigenvalue weighted by Crippen LogP contribution is 2.37. The Balaban J connectivity index is 0.000000111. The second kappa shape index (κ2) is 30.9. The first-order valence-electron chi connectivity index (χ1n) is 37.5. The van der Waals surface area contributed by atoms with Crippen LogP contribution in [0, 0.1) is 78.7 Å². The summed E-state index contributed by atoms with van der Waals surface area (Å²) in [6.45, 7) is 18.6. The van der Waals surface area contributed by atoms with Crippen LogP contribution >= 0.6 is 0 Å². The molecule has 0 saturated heterocycles. The van der Waals surface area contributed by atoms with Gasteiger partial charge in [-0.15, -0.1) is 0 Å². The quantitative estimate of drug-likeness (QED) is 0.0655. The van der Waals surface area contributed by atoms with Crippen LogP contribution in [-0.2, 0) is 52.5 Å². The van der Waals surface area contributed by atoms with Crippen molar-refractivity contribution >= 4 is 57.4 Å². The van der Waals surface area contributed by atoms with Crippen LogP contribution in [0.25, 0.3) is 72.8 Å². The topological polar surface area (TPSA) is 271 Å². The minimum absolute atomic E-state index is 0.234. The number of nitrogens with zero attached hydrogens (tertiary/aromatic N) is 18. The third-order valence-electron chi connectivity index (χ3n) is 20.5. The summed E-state index contributed by atoms with van der Waals surface area (Å²) in [6.07, 6.45) is 25.7. The average molecular weight is 1550 g/mol. The zero-order valence-corrected chi connectivity index (χ0v) is 64.4. The fourth-order valence-corrected chi connectivity index (χ4v) is 15.0. The maximum absolute atomic E-state index is 14.5. The zero-order chi connectivity index (χ0) is 79.3. The molecule has 20 rings (SSSR count). The lowest BCUT2D eigenvalue weighted by molar-refractivity contribution is 0.356. The third kappa shape index (κ3) is 14.5. The smallest absolute Gasteiger partial charge is 0.209 e. The van der Waals surface area contributed by atoms with Gasteiger partial charge in [0.15, 0.2) is 11.3 Å². The van der Waals surface area contributed by atoms with E-state index in [1.807, 2.05) is 151 Å². The van der Waals surface area contributed by atoms with Crippen LogP contribution in [0.5, 0.6) is 17.2 Å². The highest BCUT2D eigenvalue weighted by molar-refractivity contribution is 5.83. The van der Waals surface area contributed by atoms with Crippen molar-refractivity contribution in [2.45, 2.75) is 101 Å². The van der Waals surface area contributed by atoms with Crippen molar-refractivity contribution in [3.63, 3.8) is 0 Å². The van der Waals surface area contributed by atoms with Crippen LogP contribution < -0.4 is 35.5 Å². The number of hydrogen-bond acceptors (Lipinski definition) is 20. The lowest BCUT2D eigenvalue weighted by Crippen LogP contribution is -2.10. The van der Waals surface area contributed by atoms with Gasteiger partial charge in [0.05, 0.1) is 84.0 Å². The number of hydrogen-bond donors (Lipinski definition) is 4. The van der Waals surface area contributed by atoms with E-state index in [2.05, 4.69) is 81.2 Å². The van der Waals surface area contributed by atoms with E-state index in [-0.39, 0.29) is 29.8 Å². The molecule has 3 aliphatic rings. The first-order valence-corrected chi connectivity index (χ1v) is 37.5. The Bertz CT molecular complexity index is 6590. The maximum Gasteiger partial charge on any atom is 0.209 e. The van der Waals surface area contributed by atoms with Crippen molar-refractivity contribution in [1.82, 2.24) is 86.8 Å². The lowest BCUT2D eigenvalue weighted by Gasteiger charge is -2.13. The molecule has 16 heterocycles. The number of halogens is 4. The van der Waals surface area contributed by atoms with Crippen molar-refractivity contribution in [3.8, 4) is 56.4 Å². The molecule has 30 heteroatoms. The second-order valence-corrected chi connectivity index (χ2v) is 28.3. The van der Waals surface area contributed by atoms with E-state index in [1.165, 1.54) is 24.3 Å². The summed E-state index contributed by atoms with van der Waals surface area (Å²) in [4.78, 5) is 50.0. The lowest BCUT2D eigenvalue weighted by atomic mass is 10.0. The standard InChI is InChI=1S/C22H20FN5O.C22H18FN5O.C21H21FN6O.C20H19FN6O/c2*1-13-12-28-21(27-13)18(15-4-3-8-24-14(15)2)11-26-22(28)25-10-17-16-7-9-29-20(16)6-5-19(17)23;1-12-8-18(27(3)26-12)16-10-24-21(28-11-13(2)25-20(16)28)23-9-15-14-6-7-29-19(14)5-4-17(15)22;1-12-9-26(11-24-12)17-8-23-20(27-10-13(2)25-19(17)27)22-7-15-14-5-6-28-18(14)4-3-16(15)21/h3-6,8,11-12H,7,9-10H2,1-2H3,(H,25,26);3-9,11-12H,10H2,1-2H3,(H,25,26);4-5,8,10-11H,6-7,9H2,1-3H3,(H,23,24);3-4,8-11H,5-7H2,1-2H3,(H,22,23). The molecule has 0 saturated carbocycles. The Kier molecular flexibility index (Phi) is 19.8. The van der Waals surface area contributed by atoms with Gasteiger partial charge in [-0.3, -0.25) is 32.3 Å². The number of furan rings is 1. The molecule has 17 aromatic rings. The SMILES string of the molecule is Cc1cn(-c2cnc(NCc3c(F)ccc4c3CCO4)n3cc(C)nc23)cn1.Cc1cn2c(NCc3c(F)ccc4c3CCO4)ncc(-c3cc(C)nn3C)c2n1.Cc1cn2c(NCc3c(F)ccc4c3CCO4)ncc(-c3cccnc3C)c2n1.Cc1cn2c(NCc3c(F)ccc4occc34)ncc(-c3cccnc3C)c2n1.